The van der Waals surface area contributed by atoms with Crippen LogP contribution in [0.2, 0.25) is 0 Å². The molecule has 5 heteroatoms. The summed E-state index contributed by atoms with van der Waals surface area (Å²) in [6.45, 7) is 4.26. The minimum Gasteiger partial charge on any atom is -0.396 e. The second-order valence-corrected chi connectivity index (χ2v) is 5.32. The number of hydrogen-bond acceptors (Lipinski definition) is 4. The van der Waals surface area contributed by atoms with Crippen LogP contribution in [0.1, 0.15) is 39.5 Å². The number of likely N-dealkylation sites (tertiary alicyclic amines) is 1. The Kier molecular flexibility index (Phi) is 3.73. The molecule has 0 aliphatic carbocycles. The van der Waals surface area contributed by atoms with E-state index in [2.05, 4.69) is 0 Å². The minimum atomic E-state index is -0.446. The van der Waals surface area contributed by atoms with E-state index in [1.54, 1.807) is 0 Å². The molecular formula is C13H21NO4. The summed E-state index contributed by atoms with van der Waals surface area (Å²) < 4.78 is 5.36. The molecular weight excluding hydrogens is 234 g/mol. The fourth-order valence-corrected chi connectivity index (χ4v) is 2.70. The van der Waals surface area contributed by atoms with Crippen LogP contribution in [0.15, 0.2) is 0 Å². The fourth-order valence-electron chi connectivity index (χ4n) is 2.70. The van der Waals surface area contributed by atoms with E-state index < -0.39 is 12.2 Å². The molecule has 2 heterocycles. The normalized spacial score (nSPS) is 28.1. The van der Waals surface area contributed by atoms with Crippen molar-refractivity contribution in [1.82, 2.24) is 4.90 Å². The standard InChI is InChI=1S/C13H21NO4/c1-3-13(4-2,8-15)7-14-11(16)9-5-6-10(18-9)12(14)17/h9-10,15H,3-8H2,1-2H3. The van der Waals surface area contributed by atoms with Gasteiger partial charge in [-0.1, -0.05) is 13.8 Å². The highest BCUT2D eigenvalue weighted by atomic mass is 16.5. The Morgan fingerprint density at radius 3 is 2.11 bits per heavy atom. The number of rotatable bonds is 5. The third kappa shape index (κ3) is 2.06. The van der Waals surface area contributed by atoms with Crippen LogP contribution >= 0.6 is 0 Å². The molecule has 0 aromatic heterocycles. The lowest BCUT2D eigenvalue weighted by Gasteiger charge is -2.38. The van der Waals surface area contributed by atoms with Gasteiger partial charge in [-0.15, -0.1) is 0 Å². The van der Waals surface area contributed by atoms with Crippen LogP contribution in [-0.4, -0.2) is 47.2 Å². The van der Waals surface area contributed by atoms with E-state index in [1.165, 1.54) is 4.90 Å². The van der Waals surface area contributed by atoms with Crippen LogP contribution in [0, 0.1) is 5.41 Å². The molecule has 0 saturated carbocycles. The average molecular weight is 255 g/mol. The van der Waals surface area contributed by atoms with E-state index in [0.29, 0.717) is 19.4 Å². The van der Waals surface area contributed by atoms with Gasteiger partial charge in [-0.05, 0) is 25.7 Å². The van der Waals surface area contributed by atoms with E-state index in [0.717, 1.165) is 12.8 Å². The number of nitrogens with zero attached hydrogens (tertiary/aromatic N) is 1. The smallest absolute Gasteiger partial charge is 0.258 e. The molecule has 0 aromatic carbocycles. The third-order valence-electron chi connectivity index (χ3n) is 4.43. The van der Waals surface area contributed by atoms with Crippen LogP contribution in [0.25, 0.3) is 0 Å². The van der Waals surface area contributed by atoms with Gasteiger partial charge >= 0.3 is 0 Å². The van der Waals surface area contributed by atoms with Gasteiger partial charge in [0.05, 0.1) is 6.61 Å². The highest BCUT2D eigenvalue weighted by Crippen LogP contribution is 2.33. The van der Waals surface area contributed by atoms with Crippen molar-refractivity contribution in [2.24, 2.45) is 5.41 Å². The lowest BCUT2D eigenvalue weighted by molar-refractivity contribution is -0.171. The highest BCUT2D eigenvalue weighted by molar-refractivity contribution is 6.02. The zero-order chi connectivity index (χ0) is 13.3. The van der Waals surface area contributed by atoms with Gasteiger partial charge in [0.25, 0.3) is 11.8 Å². The van der Waals surface area contributed by atoms with Crippen LogP contribution in [0.3, 0.4) is 0 Å². The lowest BCUT2D eigenvalue weighted by atomic mass is 9.82. The van der Waals surface area contributed by atoms with Crippen molar-refractivity contribution < 1.29 is 19.4 Å². The van der Waals surface area contributed by atoms with E-state index >= 15 is 0 Å². The zero-order valence-corrected chi connectivity index (χ0v) is 11.0. The summed E-state index contributed by atoms with van der Waals surface area (Å²) in [5, 5.41) is 9.55. The molecule has 0 radical (unpaired) electrons. The third-order valence-corrected chi connectivity index (χ3v) is 4.43. The molecule has 2 unspecified atom stereocenters. The first-order valence-corrected chi connectivity index (χ1v) is 6.68. The number of morpholine rings is 1. The SMILES string of the molecule is CCC(CC)(CO)CN1C(=O)C2CCC(O2)C1=O. The van der Waals surface area contributed by atoms with Crippen molar-refractivity contribution in [2.75, 3.05) is 13.2 Å². The molecule has 2 bridgehead atoms. The molecule has 2 rings (SSSR count). The van der Waals surface area contributed by atoms with Crippen LogP contribution < -0.4 is 0 Å². The summed E-state index contributed by atoms with van der Waals surface area (Å²) >= 11 is 0. The van der Waals surface area contributed by atoms with Crippen molar-refractivity contribution in [3.05, 3.63) is 0 Å². The maximum atomic E-state index is 12.1. The Labute approximate surface area is 107 Å². The van der Waals surface area contributed by atoms with E-state index in [4.69, 9.17) is 4.74 Å². The summed E-state index contributed by atoms with van der Waals surface area (Å²) in [5.74, 6) is -0.457. The fraction of sp³-hybridized carbons (Fsp3) is 0.846. The van der Waals surface area contributed by atoms with Gasteiger partial charge in [0.1, 0.15) is 12.2 Å². The molecule has 2 aliphatic heterocycles. The maximum absolute atomic E-state index is 12.1. The largest absolute Gasteiger partial charge is 0.396 e. The molecule has 0 spiro atoms. The van der Waals surface area contributed by atoms with Gasteiger partial charge in [0.2, 0.25) is 0 Å². The van der Waals surface area contributed by atoms with Gasteiger partial charge in [-0.3, -0.25) is 14.5 Å². The van der Waals surface area contributed by atoms with Crippen molar-refractivity contribution >= 4 is 11.8 Å². The Balaban J connectivity index is 2.17. The van der Waals surface area contributed by atoms with Gasteiger partial charge in [0.15, 0.2) is 0 Å². The number of carbonyl (C=O) groups is 2. The maximum Gasteiger partial charge on any atom is 0.258 e. The highest BCUT2D eigenvalue weighted by Gasteiger charge is 2.48. The van der Waals surface area contributed by atoms with Gasteiger partial charge < -0.3 is 9.84 Å². The van der Waals surface area contributed by atoms with Gasteiger partial charge in [-0.25, -0.2) is 0 Å². The van der Waals surface area contributed by atoms with Gasteiger partial charge in [0, 0.05) is 12.0 Å². The zero-order valence-electron chi connectivity index (χ0n) is 11.0. The molecule has 2 saturated heterocycles. The van der Waals surface area contributed by atoms with Crippen LogP contribution in [0.4, 0.5) is 0 Å². The predicted molar refractivity (Wildman–Crippen MR) is 64.7 cm³/mol. The van der Waals surface area contributed by atoms with Crippen molar-refractivity contribution in [3.63, 3.8) is 0 Å². The molecule has 2 atom stereocenters. The number of carbonyl (C=O) groups excluding carboxylic acids is 2. The molecule has 1 N–H and O–H groups in total. The first-order valence-electron chi connectivity index (χ1n) is 6.68. The number of aliphatic hydroxyl groups is 1. The summed E-state index contributed by atoms with van der Waals surface area (Å²) in [6, 6.07) is 0. The summed E-state index contributed by atoms with van der Waals surface area (Å²) in [5.41, 5.74) is -0.373. The first-order chi connectivity index (χ1) is 8.56. The van der Waals surface area contributed by atoms with E-state index in [9.17, 15) is 14.7 Å². The Bertz CT molecular complexity index is 321. The number of hydrogen-bond donors (Lipinski definition) is 1. The molecule has 2 amide bonds. The molecule has 5 nitrogen and oxygen atoms in total. The average Bonchev–Trinajstić information content (AvgIpc) is 2.85. The summed E-state index contributed by atoms with van der Waals surface area (Å²) in [6.07, 6.45) is 1.86. The Hall–Kier alpha value is -0.940. The molecule has 18 heavy (non-hydrogen) atoms. The quantitative estimate of drug-likeness (QED) is 0.734. The number of fused-ring (bicyclic) bond motifs is 2. The topological polar surface area (TPSA) is 66.8 Å². The second-order valence-electron chi connectivity index (χ2n) is 5.32. The molecule has 2 fully saturated rings. The van der Waals surface area contributed by atoms with Crippen molar-refractivity contribution in [1.29, 1.82) is 0 Å². The monoisotopic (exact) mass is 255 g/mol. The summed E-state index contributed by atoms with van der Waals surface area (Å²) in [7, 11) is 0. The van der Waals surface area contributed by atoms with Crippen LogP contribution in [-0.2, 0) is 14.3 Å². The molecule has 2 aliphatic rings. The molecule has 0 aromatic rings. The molecule has 102 valence electrons. The first kappa shape index (κ1) is 13.5. The van der Waals surface area contributed by atoms with Gasteiger partial charge in [-0.2, -0.15) is 0 Å². The van der Waals surface area contributed by atoms with Crippen molar-refractivity contribution in [3.8, 4) is 0 Å². The minimum absolute atomic E-state index is 0.00670. The summed E-state index contributed by atoms with van der Waals surface area (Å²) in [4.78, 5) is 25.5. The number of aliphatic hydroxyl groups excluding tert-OH is 1. The van der Waals surface area contributed by atoms with E-state index in [-0.39, 0.29) is 23.8 Å². The van der Waals surface area contributed by atoms with Crippen LogP contribution in [0.5, 0.6) is 0 Å². The lowest BCUT2D eigenvalue weighted by Crippen LogP contribution is -2.55. The van der Waals surface area contributed by atoms with Crippen molar-refractivity contribution in [2.45, 2.75) is 51.7 Å². The Morgan fingerprint density at radius 1 is 1.22 bits per heavy atom. The number of amides is 2. The number of imide groups is 1. The van der Waals surface area contributed by atoms with E-state index in [1.807, 2.05) is 13.8 Å². The number of ether oxygens (including phenoxy) is 1. The predicted octanol–water partition coefficient (Wildman–Crippen LogP) is 0.701. The Morgan fingerprint density at radius 2 is 1.72 bits per heavy atom. The second kappa shape index (κ2) is 4.97.